The van der Waals surface area contributed by atoms with Crippen molar-refractivity contribution in [1.82, 2.24) is 9.97 Å². The van der Waals surface area contributed by atoms with E-state index in [1.165, 1.54) is 11.1 Å². The van der Waals surface area contributed by atoms with Crippen LogP contribution in [0.15, 0.2) is 73.2 Å². The summed E-state index contributed by atoms with van der Waals surface area (Å²) in [5, 5.41) is 15.4. The second kappa shape index (κ2) is 7.08. The van der Waals surface area contributed by atoms with Crippen LogP contribution in [0.5, 0.6) is 5.75 Å². The summed E-state index contributed by atoms with van der Waals surface area (Å²) in [6, 6.07) is 17.7. The fourth-order valence-corrected chi connectivity index (χ4v) is 3.26. The monoisotopic (exact) mass is 355 g/mol. The number of anilines is 1. The lowest BCUT2D eigenvalue weighted by Crippen LogP contribution is -2.13. The molecule has 4 nitrogen and oxygen atoms in total. The molecule has 0 amide bonds. The average Bonchev–Trinajstić information content (AvgIpc) is 2.70. The first-order chi connectivity index (χ1) is 13.1. The van der Waals surface area contributed by atoms with E-state index in [0.29, 0.717) is 5.52 Å². The van der Waals surface area contributed by atoms with E-state index in [0.717, 1.165) is 22.2 Å². The molecule has 0 unspecified atom stereocenters. The molecule has 4 aromatic rings. The van der Waals surface area contributed by atoms with E-state index >= 15 is 0 Å². The highest BCUT2D eigenvalue weighted by Gasteiger charge is 2.20. The number of hydrogen-bond donors (Lipinski definition) is 2. The second-order valence-corrected chi connectivity index (χ2v) is 6.74. The number of aryl methyl sites for hydroxylation is 2. The lowest BCUT2D eigenvalue weighted by atomic mass is 9.97. The van der Waals surface area contributed by atoms with Crippen molar-refractivity contribution in [2.45, 2.75) is 19.9 Å². The number of fused-ring (bicyclic) bond motifs is 1. The molecule has 2 N–H and O–H groups in total. The van der Waals surface area contributed by atoms with Gasteiger partial charge in [0, 0.05) is 35.2 Å². The number of hydrogen-bond acceptors (Lipinski definition) is 4. The summed E-state index contributed by atoms with van der Waals surface area (Å²) >= 11 is 0. The number of benzene rings is 2. The van der Waals surface area contributed by atoms with Crippen molar-refractivity contribution in [2.24, 2.45) is 0 Å². The minimum atomic E-state index is -0.243. The van der Waals surface area contributed by atoms with E-state index in [2.05, 4.69) is 47.3 Å². The van der Waals surface area contributed by atoms with Gasteiger partial charge in [-0.1, -0.05) is 30.3 Å². The van der Waals surface area contributed by atoms with Crippen LogP contribution in [-0.2, 0) is 0 Å². The lowest BCUT2D eigenvalue weighted by Gasteiger charge is -2.22. The van der Waals surface area contributed by atoms with Crippen molar-refractivity contribution in [3.05, 3.63) is 95.4 Å². The third-order valence-electron chi connectivity index (χ3n) is 4.93. The van der Waals surface area contributed by atoms with Gasteiger partial charge in [0.1, 0.15) is 11.3 Å². The Morgan fingerprint density at radius 2 is 1.78 bits per heavy atom. The minimum absolute atomic E-state index is 0.193. The van der Waals surface area contributed by atoms with E-state index in [4.69, 9.17) is 0 Å². The Hall–Kier alpha value is -3.40. The molecule has 0 saturated carbocycles. The SMILES string of the molecule is Cc1ccc(N[C@H](c2cccnc2)c2ccc3cccnc3c2O)cc1C. The molecule has 1 atom stereocenters. The van der Waals surface area contributed by atoms with Crippen LogP contribution in [0.4, 0.5) is 5.69 Å². The summed E-state index contributed by atoms with van der Waals surface area (Å²) in [6.45, 7) is 4.19. The van der Waals surface area contributed by atoms with Crippen LogP contribution >= 0.6 is 0 Å². The Labute approximate surface area is 158 Å². The van der Waals surface area contributed by atoms with E-state index in [-0.39, 0.29) is 11.8 Å². The van der Waals surface area contributed by atoms with Crippen LogP contribution in [0.3, 0.4) is 0 Å². The smallest absolute Gasteiger partial charge is 0.147 e. The van der Waals surface area contributed by atoms with E-state index in [9.17, 15) is 5.11 Å². The predicted octanol–water partition coefficient (Wildman–Crippen LogP) is 5.15. The highest BCUT2D eigenvalue weighted by Crippen LogP contribution is 2.36. The van der Waals surface area contributed by atoms with Gasteiger partial charge in [-0.05, 0) is 54.8 Å². The molecule has 0 radical (unpaired) electrons. The Balaban J connectivity index is 1.83. The summed E-state index contributed by atoms with van der Waals surface area (Å²) in [7, 11) is 0. The lowest BCUT2D eigenvalue weighted by molar-refractivity contribution is 0.471. The van der Waals surface area contributed by atoms with Gasteiger partial charge in [-0.25, -0.2) is 0 Å². The first kappa shape index (κ1) is 17.0. The van der Waals surface area contributed by atoms with Crippen LogP contribution in [0, 0.1) is 13.8 Å². The van der Waals surface area contributed by atoms with Crippen LogP contribution in [0.25, 0.3) is 10.9 Å². The standard InChI is InChI=1S/C23H21N3O/c1-15-7-9-19(13-16(15)2)26-21(18-6-3-11-24-14-18)20-10-8-17-5-4-12-25-22(17)23(20)27/h3-14,21,26-27H,1-2H3/t21-/m1/s1. The molecule has 27 heavy (non-hydrogen) atoms. The fourth-order valence-electron chi connectivity index (χ4n) is 3.26. The van der Waals surface area contributed by atoms with E-state index < -0.39 is 0 Å². The van der Waals surface area contributed by atoms with Gasteiger partial charge >= 0.3 is 0 Å². The van der Waals surface area contributed by atoms with Crippen LogP contribution < -0.4 is 5.32 Å². The third kappa shape index (κ3) is 3.34. The molecular formula is C23H21N3O. The number of nitrogens with one attached hydrogen (secondary N) is 1. The molecule has 4 heteroatoms. The normalized spacial score (nSPS) is 12.1. The number of aromatic nitrogens is 2. The second-order valence-electron chi connectivity index (χ2n) is 6.74. The van der Waals surface area contributed by atoms with Gasteiger partial charge in [-0.2, -0.15) is 0 Å². The van der Waals surface area contributed by atoms with Crippen LogP contribution in [-0.4, -0.2) is 15.1 Å². The molecule has 2 heterocycles. The summed E-state index contributed by atoms with van der Waals surface area (Å²) in [4.78, 5) is 8.62. The zero-order valence-electron chi connectivity index (χ0n) is 15.3. The molecule has 4 rings (SSSR count). The number of phenolic OH excluding ortho intramolecular Hbond substituents is 1. The molecule has 0 aliphatic rings. The highest BCUT2D eigenvalue weighted by molar-refractivity contribution is 5.86. The molecule has 134 valence electrons. The maximum absolute atomic E-state index is 10.9. The van der Waals surface area contributed by atoms with Crippen molar-refractivity contribution in [3.8, 4) is 5.75 Å². The summed E-state index contributed by atoms with van der Waals surface area (Å²) in [5.41, 5.74) is 5.80. The van der Waals surface area contributed by atoms with Crippen molar-refractivity contribution in [2.75, 3.05) is 5.32 Å². The molecule has 2 aromatic carbocycles. The van der Waals surface area contributed by atoms with Crippen LogP contribution in [0.1, 0.15) is 28.3 Å². The maximum atomic E-state index is 10.9. The first-order valence-corrected chi connectivity index (χ1v) is 8.94. The van der Waals surface area contributed by atoms with Crippen molar-refractivity contribution < 1.29 is 5.11 Å². The quantitative estimate of drug-likeness (QED) is 0.531. The minimum Gasteiger partial charge on any atom is -0.505 e. The highest BCUT2D eigenvalue weighted by atomic mass is 16.3. The zero-order chi connectivity index (χ0) is 18.8. The Bertz CT molecular complexity index is 1090. The number of nitrogens with zero attached hydrogens (tertiary/aromatic N) is 2. The van der Waals surface area contributed by atoms with Gasteiger partial charge in [0.05, 0.1) is 6.04 Å². The molecule has 0 fully saturated rings. The van der Waals surface area contributed by atoms with Gasteiger partial charge < -0.3 is 10.4 Å². The Morgan fingerprint density at radius 3 is 2.56 bits per heavy atom. The summed E-state index contributed by atoms with van der Waals surface area (Å²) in [5.74, 6) is 0.193. The van der Waals surface area contributed by atoms with E-state index in [1.807, 2.05) is 42.6 Å². The first-order valence-electron chi connectivity index (χ1n) is 8.94. The topological polar surface area (TPSA) is 58.0 Å². The average molecular weight is 355 g/mol. The number of phenols is 1. The summed E-state index contributed by atoms with van der Waals surface area (Å²) < 4.78 is 0. The predicted molar refractivity (Wildman–Crippen MR) is 109 cm³/mol. The molecule has 0 spiro atoms. The molecule has 0 aliphatic carbocycles. The Kier molecular flexibility index (Phi) is 4.47. The fraction of sp³-hybridized carbons (Fsp3) is 0.130. The number of rotatable bonds is 4. The molecule has 0 bridgehead atoms. The molecule has 2 aromatic heterocycles. The Morgan fingerprint density at radius 1 is 0.926 bits per heavy atom. The number of aromatic hydroxyl groups is 1. The van der Waals surface area contributed by atoms with Crippen molar-refractivity contribution in [3.63, 3.8) is 0 Å². The third-order valence-corrected chi connectivity index (χ3v) is 4.93. The molecule has 0 aliphatic heterocycles. The van der Waals surface area contributed by atoms with Crippen molar-refractivity contribution in [1.29, 1.82) is 0 Å². The van der Waals surface area contributed by atoms with Gasteiger partial charge in [0.25, 0.3) is 0 Å². The zero-order valence-corrected chi connectivity index (χ0v) is 15.3. The van der Waals surface area contributed by atoms with Gasteiger partial charge in [-0.15, -0.1) is 0 Å². The van der Waals surface area contributed by atoms with Crippen molar-refractivity contribution >= 4 is 16.6 Å². The van der Waals surface area contributed by atoms with Gasteiger partial charge in [0.15, 0.2) is 0 Å². The van der Waals surface area contributed by atoms with E-state index in [1.54, 1.807) is 12.4 Å². The maximum Gasteiger partial charge on any atom is 0.147 e. The number of pyridine rings is 2. The molecule has 0 saturated heterocycles. The van der Waals surface area contributed by atoms with Crippen LogP contribution in [0.2, 0.25) is 0 Å². The molecular weight excluding hydrogens is 334 g/mol. The summed E-state index contributed by atoms with van der Waals surface area (Å²) in [6.07, 6.45) is 5.26. The van der Waals surface area contributed by atoms with Gasteiger partial charge in [0.2, 0.25) is 0 Å². The largest absolute Gasteiger partial charge is 0.505 e. The van der Waals surface area contributed by atoms with Gasteiger partial charge in [-0.3, -0.25) is 9.97 Å².